The Bertz CT molecular complexity index is 1870. The maximum absolute atomic E-state index is 13.7. The molecule has 0 saturated heterocycles. The van der Waals surface area contributed by atoms with Gasteiger partial charge >= 0.3 is 0 Å². The van der Waals surface area contributed by atoms with Crippen molar-refractivity contribution in [2.75, 3.05) is 37.5 Å². The highest BCUT2D eigenvalue weighted by molar-refractivity contribution is 7.99. The maximum atomic E-state index is 13.7. The lowest BCUT2D eigenvalue weighted by Crippen LogP contribution is -2.24. The summed E-state index contributed by atoms with van der Waals surface area (Å²) >= 11 is 1.47. The number of fused-ring (bicyclic) bond motifs is 1. The Balaban J connectivity index is 1.61. The van der Waals surface area contributed by atoms with Gasteiger partial charge in [-0.1, -0.05) is 24.1 Å². The van der Waals surface area contributed by atoms with Gasteiger partial charge in [-0.15, -0.1) is 0 Å². The molecule has 44 heavy (non-hydrogen) atoms. The second-order valence-corrected chi connectivity index (χ2v) is 10.8. The number of carbonyl (C=O) groups is 2. The first-order valence-corrected chi connectivity index (χ1v) is 14.7. The molecule has 2 amide bonds. The van der Waals surface area contributed by atoms with Gasteiger partial charge in [0.05, 0.1) is 23.9 Å². The van der Waals surface area contributed by atoms with Crippen molar-refractivity contribution in [3.05, 3.63) is 101 Å². The summed E-state index contributed by atoms with van der Waals surface area (Å²) in [6.45, 7) is 0.0923. The average Bonchev–Trinajstić information content (AvgIpc) is 3.41. The third-order valence-electron chi connectivity index (χ3n) is 7.28. The standard InChI is InChI=1S/C33H30F2N4O4S/c1-37-33(41)30-25-15-23(27(39(2)44-4)16-29(25)43-31(30)18-5-9-21(34)10-6-18)19-8-12-26(36)24(13-19)32(40)38-17-20-7-11-22(35)14-28(20)42-3/h5-16H,17,36H2,1-4H3,(H,37,41)(H,38,40). The highest BCUT2D eigenvalue weighted by atomic mass is 32.2. The molecule has 0 aliphatic carbocycles. The molecule has 0 atom stereocenters. The minimum Gasteiger partial charge on any atom is -0.496 e. The molecule has 1 heterocycles. The van der Waals surface area contributed by atoms with Gasteiger partial charge in [0.1, 0.15) is 28.7 Å². The number of nitrogens with one attached hydrogen (secondary N) is 2. The topological polar surface area (TPSA) is 110 Å². The number of hydrogen-bond donors (Lipinski definition) is 3. The summed E-state index contributed by atoms with van der Waals surface area (Å²) in [4.78, 5) is 26.5. The first-order valence-electron chi connectivity index (χ1n) is 13.5. The van der Waals surface area contributed by atoms with E-state index in [1.807, 2.05) is 29.7 Å². The van der Waals surface area contributed by atoms with Gasteiger partial charge in [-0.3, -0.25) is 9.59 Å². The van der Waals surface area contributed by atoms with Crippen LogP contribution in [-0.2, 0) is 6.54 Å². The van der Waals surface area contributed by atoms with Crippen molar-refractivity contribution < 1.29 is 27.5 Å². The summed E-state index contributed by atoms with van der Waals surface area (Å²) in [5, 5.41) is 6.05. The molecule has 0 aliphatic heterocycles. The average molecular weight is 617 g/mol. The number of halogens is 2. The normalized spacial score (nSPS) is 11.0. The van der Waals surface area contributed by atoms with E-state index in [1.54, 1.807) is 36.4 Å². The first kappa shape index (κ1) is 30.4. The molecule has 226 valence electrons. The predicted molar refractivity (Wildman–Crippen MR) is 171 cm³/mol. The van der Waals surface area contributed by atoms with E-state index in [-0.39, 0.29) is 23.7 Å². The number of methoxy groups -OCH3 is 1. The Morgan fingerprint density at radius 3 is 2.34 bits per heavy atom. The fraction of sp³-hybridized carbons (Fsp3) is 0.152. The number of ether oxygens (including phenoxy) is 1. The number of benzene rings is 4. The van der Waals surface area contributed by atoms with Crippen LogP contribution in [-0.4, -0.2) is 39.3 Å². The molecule has 1 aromatic heterocycles. The molecule has 8 nitrogen and oxygen atoms in total. The van der Waals surface area contributed by atoms with E-state index in [4.69, 9.17) is 14.9 Å². The second kappa shape index (κ2) is 12.7. The zero-order valence-electron chi connectivity index (χ0n) is 24.5. The van der Waals surface area contributed by atoms with Crippen molar-refractivity contribution in [2.24, 2.45) is 0 Å². The van der Waals surface area contributed by atoms with Crippen LogP contribution in [0.3, 0.4) is 0 Å². The number of nitrogens with zero attached hydrogens (tertiary/aromatic N) is 1. The molecular weight excluding hydrogens is 586 g/mol. The van der Waals surface area contributed by atoms with Crippen molar-refractivity contribution in [1.29, 1.82) is 0 Å². The number of nitrogen functional groups attached to an aromatic ring is 1. The number of furan rings is 1. The van der Waals surface area contributed by atoms with E-state index in [9.17, 15) is 18.4 Å². The summed E-state index contributed by atoms with van der Waals surface area (Å²) in [6, 6.07) is 18.6. The molecule has 4 N–H and O–H groups in total. The van der Waals surface area contributed by atoms with Crippen LogP contribution in [0.4, 0.5) is 20.2 Å². The quantitative estimate of drug-likeness (QED) is 0.126. The highest BCUT2D eigenvalue weighted by Gasteiger charge is 2.25. The van der Waals surface area contributed by atoms with Gasteiger partial charge in [-0.25, -0.2) is 8.78 Å². The molecule has 4 aromatic carbocycles. The number of carbonyl (C=O) groups excluding carboxylic acids is 2. The number of amides is 2. The minimum absolute atomic E-state index is 0.0923. The van der Waals surface area contributed by atoms with Gasteiger partial charge in [0, 0.05) is 66.8 Å². The molecule has 0 spiro atoms. The molecule has 0 saturated carbocycles. The van der Waals surface area contributed by atoms with E-state index in [1.165, 1.54) is 50.4 Å². The first-order chi connectivity index (χ1) is 21.1. The van der Waals surface area contributed by atoms with E-state index < -0.39 is 17.5 Å². The van der Waals surface area contributed by atoms with Crippen LogP contribution in [0.2, 0.25) is 0 Å². The smallest absolute Gasteiger partial charge is 0.255 e. The molecule has 5 aromatic rings. The molecule has 11 heteroatoms. The fourth-order valence-electron chi connectivity index (χ4n) is 4.93. The molecule has 0 fully saturated rings. The molecule has 0 aliphatic rings. The number of anilines is 2. The van der Waals surface area contributed by atoms with Gasteiger partial charge in [0.25, 0.3) is 11.8 Å². The van der Waals surface area contributed by atoms with E-state index >= 15 is 0 Å². The monoisotopic (exact) mass is 616 g/mol. The van der Waals surface area contributed by atoms with E-state index in [2.05, 4.69) is 10.6 Å². The summed E-state index contributed by atoms with van der Waals surface area (Å²) in [6.07, 6.45) is 1.92. The Labute approximate surface area is 257 Å². The maximum Gasteiger partial charge on any atom is 0.255 e. The summed E-state index contributed by atoms with van der Waals surface area (Å²) in [5.41, 5.74) is 10.8. The third kappa shape index (κ3) is 5.91. The van der Waals surface area contributed by atoms with Gasteiger partial charge in [-0.2, -0.15) is 0 Å². The van der Waals surface area contributed by atoms with Crippen molar-refractivity contribution in [3.63, 3.8) is 0 Å². The zero-order chi connectivity index (χ0) is 31.5. The van der Waals surface area contributed by atoms with Crippen LogP contribution in [0.25, 0.3) is 33.4 Å². The largest absolute Gasteiger partial charge is 0.496 e. The van der Waals surface area contributed by atoms with Crippen molar-refractivity contribution in [3.8, 4) is 28.2 Å². The van der Waals surface area contributed by atoms with Gasteiger partial charge in [-0.05, 0) is 54.1 Å². The number of hydrogen-bond acceptors (Lipinski definition) is 7. The lowest BCUT2D eigenvalue weighted by molar-refractivity contribution is 0.0947. The van der Waals surface area contributed by atoms with Crippen LogP contribution < -0.4 is 25.4 Å². The van der Waals surface area contributed by atoms with Crippen molar-refractivity contribution >= 4 is 46.1 Å². The predicted octanol–water partition coefficient (Wildman–Crippen LogP) is 6.64. The van der Waals surface area contributed by atoms with Gasteiger partial charge in [0.2, 0.25) is 0 Å². The van der Waals surface area contributed by atoms with Crippen LogP contribution >= 0.6 is 11.9 Å². The van der Waals surface area contributed by atoms with Crippen LogP contribution in [0.15, 0.2) is 77.2 Å². The minimum atomic E-state index is -0.446. The molecule has 0 unspecified atom stereocenters. The Morgan fingerprint density at radius 2 is 1.66 bits per heavy atom. The molecule has 0 radical (unpaired) electrons. The third-order valence-corrected chi connectivity index (χ3v) is 8.02. The summed E-state index contributed by atoms with van der Waals surface area (Å²) < 4.78 is 40.7. The van der Waals surface area contributed by atoms with Crippen molar-refractivity contribution in [2.45, 2.75) is 6.54 Å². The van der Waals surface area contributed by atoms with Crippen LogP contribution in [0.5, 0.6) is 5.75 Å². The SMILES string of the molecule is CNC(=O)c1c(-c2ccc(F)cc2)oc2cc(N(C)SC)c(-c3ccc(N)c(C(=O)NCc4ccc(F)cc4OC)c3)cc12. The summed E-state index contributed by atoms with van der Waals surface area (Å²) in [5.74, 6) is -1.02. The Kier molecular flexibility index (Phi) is 8.77. The Morgan fingerprint density at radius 1 is 0.955 bits per heavy atom. The molecular formula is C33H30F2N4O4S. The molecule has 5 rings (SSSR count). The fourth-order valence-corrected chi connectivity index (χ4v) is 5.28. The Hall–Kier alpha value is -5.03. The van der Waals surface area contributed by atoms with E-state index in [0.717, 1.165) is 11.3 Å². The van der Waals surface area contributed by atoms with E-state index in [0.29, 0.717) is 44.7 Å². The summed E-state index contributed by atoms with van der Waals surface area (Å²) in [7, 11) is 4.85. The molecule has 0 bridgehead atoms. The highest BCUT2D eigenvalue weighted by Crippen LogP contribution is 2.42. The van der Waals surface area contributed by atoms with Crippen LogP contribution in [0, 0.1) is 11.6 Å². The van der Waals surface area contributed by atoms with Gasteiger partial charge in [0.15, 0.2) is 0 Å². The second-order valence-electron chi connectivity index (χ2n) is 9.88. The number of rotatable bonds is 9. The number of nitrogens with two attached hydrogens (primary N) is 1. The van der Waals surface area contributed by atoms with Gasteiger partial charge < -0.3 is 29.8 Å². The lowest BCUT2D eigenvalue weighted by Gasteiger charge is -2.20. The zero-order valence-corrected chi connectivity index (χ0v) is 25.3. The van der Waals surface area contributed by atoms with Crippen LogP contribution in [0.1, 0.15) is 26.3 Å². The lowest BCUT2D eigenvalue weighted by atomic mass is 9.96. The van der Waals surface area contributed by atoms with Crippen molar-refractivity contribution in [1.82, 2.24) is 10.6 Å².